The van der Waals surface area contributed by atoms with Crippen LogP contribution in [0.4, 0.5) is 8.78 Å². The van der Waals surface area contributed by atoms with Gasteiger partial charge < -0.3 is 14.6 Å². The summed E-state index contributed by atoms with van der Waals surface area (Å²) in [6.07, 6.45) is 4.45. The van der Waals surface area contributed by atoms with Crippen LogP contribution in [0.25, 0.3) is 0 Å². The molecule has 148 valence electrons. The molecule has 0 radical (unpaired) electrons. The van der Waals surface area contributed by atoms with E-state index in [-0.39, 0.29) is 17.2 Å². The van der Waals surface area contributed by atoms with Crippen molar-refractivity contribution in [1.82, 2.24) is 9.88 Å². The molecular weight excluding hydrogens is 366 g/mol. The molecule has 1 aromatic heterocycles. The molecule has 1 aromatic carbocycles. The Bertz CT molecular complexity index is 976. The van der Waals surface area contributed by atoms with Crippen LogP contribution < -0.4 is 10.9 Å². The highest BCUT2D eigenvalue weighted by Crippen LogP contribution is 2.46. The number of nitrogens with one attached hydrogen (secondary N) is 1. The number of hydrogen-bond donors (Lipinski definition) is 1. The maximum absolute atomic E-state index is 14.2. The molecule has 4 rings (SSSR count). The fourth-order valence-corrected chi connectivity index (χ4v) is 3.82. The van der Waals surface area contributed by atoms with Gasteiger partial charge in [0, 0.05) is 18.4 Å². The van der Waals surface area contributed by atoms with Crippen molar-refractivity contribution in [2.45, 2.75) is 50.8 Å². The monoisotopic (exact) mass is 388 g/mol. The van der Waals surface area contributed by atoms with Gasteiger partial charge in [0.2, 0.25) is 0 Å². The van der Waals surface area contributed by atoms with Crippen LogP contribution in [0.2, 0.25) is 0 Å². The van der Waals surface area contributed by atoms with Crippen LogP contribution in [0.1, 0.15) is 47.2 Å². The summed E-state index contributed by atoms with van der Waals surface area (Å²) in [7, 11) is 0. The van der Waals surface area contributed by atoms with Gasteiger partial charge in [-0.2, -0.15) is 0 Å². The number of amides is 1. The number of carbonyl (C=O) groups is 1. The fourth-order valence-electron chi connectivity index (χ4n) is 3.82. The topological polar surface area (TPSA) is 60.3 Å². The maximum atomic E-state index is 14.2. The Morgan fingerprint density at radius 3 is 2.79 bits per heavy atom. The Morgan fingerprint density at radius 2 is 2.11 bits per heavy atom. The van der Waals surface area contributed by atoms with Gasteiger partial charge in [0.1, 0.15) is 17.2 Å². The van der Waals surface area contributed by atoms with Crippen LogP contribution in [0, 0.1) is 18.6 Å². The Labute approximate surface area is 161 Å². The number of aromatic nitrogens is 1. The Kier molecular flexibility index (Phi) is 4.79. The molecule has 5 nitrogen and oxygen atoms in total. The van der Waals surface area contributed by atoms with Crippen molar-refractivity contribution < 1.29 is 18.3 Å². The Hall–Kier alpha value is -2.54. The first-order valence-corrected chi connectivity index (χ1v) is 9.49. The van der Waals surface area contributed by atoms with Crippen molar-refractivity contribution in [1.29, 1.82) is 0 Å². The van der Waals surface area contributed by atoms with Crippen LogP contribution in [0.15, 0.2) is 35.3 Å². The third-order valence-corrected chi connectivity index (χ3v) is 5.57. The lowest BCUT2D eigenvalue weighted by molar-refractivity contribution is 0.0913. The predicted octanol–water partition coefficient (Wildman–Crippen LogP) is 3.03. The van der Waals surface area contributed by atoms with Gasteiger partial charge in [-0.1, -0.05) is 0 Å². The molecule has 1 N–H and O–H groups in total. The largest absolute Gasteiger partial charge is 0.376 e. The second kappa shape index (κ2) is 7.13. The lowest BCUT2D eigenvalue weighted by Gasteiger charge is -2.20. The molecule has 1 aliphatic heterocycles. The number of hydrogen-bond acceptors (Lipinski definition) is 3. The minimum Gasteiger partial charge on any atom is -0.376 e. The Balaban J connectivity index is 1.61. The lowest BCUT2D eigenvalue weighted by atomic mass is 10.0. The molecule has 0 bridgehead atoms. The van der Waals surface area contributed by atoms with Crippen molar-refractivity contribution in [2.75, 3.05) is 6.61 Å². The number of halogens is 2. The molecule has 2 aromatic rings. The summed E-state index contributed by atoms with van der Waals surface area (Å²) in [6.45, 7) is 2.76. The third kappa shape index (κ3) is 3.46. The molecule has 1 unspecified atom stereocenters. The van der Waals surface area contributed by atoms with E-state index < -0.39 is 28.6 Å². The fraction of sp³-hybridized carbons (Fsp3) is 0.429. The van der Waals surface area contributed by atoms with Gasteiger partial charge in [0.05, 0.1) is 18.2 Å². The molecule has 2 aliphatic rings. The smallest absolute Gasteiger partial charge is 0.263 e. The quantitative estimate of drug-likeness (QED) is 0.857. The Morgan fingerprint density at radius 1 is 1.32 bits per heavy atom. The third-order valence-electron chi connectivity index (χ3n) is 5.57. The minimum absolute atomic E-state index is 0.0311. The summed E-state index contributed by atoms with van der Waals surface area (Å²) in [4.78, 5) is 25.8. The predicted molar refractivity (Wildman–Crippen MR) is 99.1 cm³/mol. The number of aryl methyl sites for hydroxylation is 1. The standard InChI is InChI=1S/C21H22F2N2O3/c1-13-6-9-25(12-15-3-2-10-28-15)20(27)18(13)19(26)24-21(7-8-21)16-11-14(22)4-5-17(16)23/h4-6,9,11,15H,2-3,7-8,10,12H2,1H3,(H,24,26). The van der Waals surface area contributed by atoms with E-state index in [0.717, 1.165) is 31.0 Å². The first-order chi connectivity index (χ1) is 13.4. The van der Waals surface area contributed by atoms with Gasteiger partial charge in [0.25, 0.3) is 11.5 Å². The van der Waals surface area contributed by atoms with E-state index in [1.165, 1.54) is 4.57 Å². The number of ether oxygens (including phenoxy) is 1. The number of rotatable bonds is 5. The first-order valence-electron chi connectivity index (χ1n) is 9.49. The highest BCUT2D eigenvalue weighted by Gasteiger charge is 2.48. The molecule has 0 spiro atoms. The van der Waals surface area contributed by atoms with E-state index in [2.05, 4.69) is 5.32 Å². The SMILES string of the molecule is Cc1ccn(CC2CCCO2)c(=O)c1C(=O)NC1(c2cc(F)ccc2F)CC1. The molecule has 7 heteroatoms. The van der Waals surface area contributed by atoms with Crippen LogP contribution in [0.5, 0.6) is 0 Å². The number of benzene rings is 1. The molecule has 28 heavy (non-hydrogen) atoms. The van der Waals surface area contributed by atoms with E-state index in [0.29, 0.717) is 31.6 Å². The van der Waals surface area contributed by atoms with Gasteiger partial charge in [0.15, 0.2) is 0 Å². The summed E-state index contributed by atoms with van der Waals surface area (Å²) in [5.41, 5.74) is -0.667. The van der Waals surface area contributed by atoms with Crippen molar-refractivity contribution >= 4 is 5.91 Å². The summed E-state index contributed by atoms with van der Waals surface area (Å²) in [5, 5.41) is 2.78. The second-order valence-electron chi connectivity index (χ2n) is 7.63. The number of carbonyl (C=O) groups excluding carboxylic acids is 1. The summed E-state index contributed by atoms with van der Waals surface area (Å²) in [5.74, 6) is -1.70. The highest BCUT2D eigenvalue weighted by molar-refractivity contribution is 5.96. The van der Waals surface area contributed by atoms with Gasteiger partial charge in [-0.25, -0.2) is 8.78 Å². The first kappa shape index (κ1) is 18.8. The van der Waals surface area contributed by atoms with E-state index >= 15 is 0 Å². The summed E-state index contributed by atoms with van der Waals surface area (Å²) >= 11 is 0. The number of pyridine rings is 1. The molecule has 1 amide bonds. The van der Waals surface area contributed by atoms with Gasteiger partial charge in [-0.3, -0.25) is 9.59 Å². The number of nitrogens with zero attached hydrogens (tertiary/aromatic N) is 1. The molecule has 1 aliphatic carbocycles. The van der Waals surface area contributed by atoms with Gasteiger partial charge in [-0.05, 0) is 62.4 Å². The van der Waals surface area contributed by atoms with Crippen molar-refractivity contribution in [2.24, 2.45) is 0 Å². The zero-order valence-electron chi connectivity index (χ0n) is 15.6. The maximum Gasteiger partial charge on any atom is 0.263 e. The zero-order valence-corrected chi connectivity index (χ0v) is 15.6. The van der Waals surface area contributed by atoms with Crippen LogP contribution in [0.3, 0.4) is 0 Å². The van der Waals surface area contributed by atoms with E-state index in [1.54, 1.807) is 19.2 Å². The average molecular weight is 388 g/mol. The van der Waals surface area contributed by atoms with Crippen LogP contribution in [-0.4, -0.2) is 23.2 Å². The minimum atomic E-state index is -0.961. The molecule has 2 fully saturated rings. The molecule has 1 saturated heterocycles. The molecule has 1 atom stereocenters. The summed E-state index contributed by atoms with van der Waals surface area (Å²) in [6, 6.07) is 4.92. The average Bonchev–Trinajstić information content (AvgIpc) is 3.23. The molecule has 2 heterocycles. The van der Waals surface area contributed by atoms with Crippen molar-refractivity contribution in [3.8, 4) is 0 Å². The van der Waals surface area contributed by atoms with E-state index in [9.17, 15) is 18.4 Å². The highest BCUT2D eigenvalue weighted by atomic mass is 19.1. The van der Waals surface area contributed by atoms with Gasteiger partial charge in [-0.15, -0.1) is 0 Å². The van der Waals surface area contributed by atoms with Crippen molar-refractivity contribution in [3.05, 3.63) is 69.1 Å². The lowest BCUT2D eigenvalue weighted by Crippen LogP contribution is -2.40. The summed E-state index contributed by atoms with van der Waals surface area (Å²) < 4.78 is 34.9. The second-order valence-corrected chi connectivity index (χ2v) is 7.63. The van der Waals surface area contributed by atoms with Crippen molar-refractivity contribution in [3.63, 3.8) is 0 Å². The molecule has 1 saturated carbocycles. The zero-order chi connectivity index (χ0) is 19.9. The van der Waals surface area contributed by atoms with Crippen LogP contribution >= 0.6 is 0 Å². The van der Waals surface area contributed by atoms with Gasteiger partial charge >= 0.3 is 0 Å². The molecular formula is C21H22F2N2O3. The normalized spacial score (nSPS) is 20.2. The van der Waals surface area contributed by atoms with E-state index in [4.69, 9.17) is 4.74 Å². The van der Waals surface area contributed by atoms with Crippen LogP contribution in [-0.2, 0) is 16.8 Å². The van der Waals surface area contributed by atoms with E-state index in [1.807, 2.05) is 0 Å².